The lowest BCUT2D eigenvalue weighted by Crippen LogP contribution is -2.21. The van der Waals surface area contributed by atoms with Crippen LogP contribution in [-0.2, 0) is 4.79 Å². The Hall–Kier alpha value is -2.09. The van der Waals surface area contributed by atoms with E-state index in [9.17, 15) is 9.18 Å². The Kier molecular flexibility index (Phi) is 5.80. The van der Waals surface area contributed by atoms with E-state index >= 15 is 0 Å². The first-order valence-corrected chi connectivity index (χ1v) is 6.25. The summed E-state index contributed by atoms with van der Waals surface area (Å²) in [5.41, 5.74) is 0.322. The van der Waals surface area contributed by atoms with E-state index in [1.54, 1.807) is 13.0 Å². The number of benzene rings is 1. The van der Waals surface area contributed by atoms with Crippen LogP contribution in [0.3, 0.4) is 0 Å². The monoisotopic (exact) mass is 264 g/mol. The summed E-state index contributed by atoms with van der Waals surface area (Å²) in [7, 11) is 0. The number of carbonyl (C=O) groups is 1. The molecule has 1 aromatic rings. The Morgan fingerprint density at radius 2 is 2.26 bits per heavy atom. The van der Waals surface area contributed by atoms with Gasteiger partial charge in [-0.2, -0.15) is 5.26 Å². The Bertz CT molecular complexity index is 483. The summed E-state index contributed by atoms with van der Waals surface area (Å²) in [6.07, 6.45) is 1.23. The van der Waals surface area contributed by atoms with Gasteiger partial charge in [0.25, 0.3) is 0 Å². The number of ether oxygens (including phenoxy) is 1. The topological polar surface area (TPSA) is 62.1 Å². The number of hydrogen-bond donors (Lipinski definition) is 1. The van der Waals surface area contributed by atoms with Crippen LogP contribution in [0.2, 0.25) is 0 Å². The number of carbonyl (C=O) groups excluding carboxylic acids is 1. The van der Waals surface area contributed by atoms with Gasteiger partial charge in [0.1, 0.15) is 5.92 Å². The van der Waals surface area contributed by atoms with Crippen molar-refractivity contribution in [2.45, 2.75) is 26.7 Å². The number of rotatable bonds is 6. The van der Waals surface area contributed by atoms with Crippen molar-refractivity contribution in [1.82, 2.24) is 0 Å². The second-order valence-corrected chi connectivity index (χ2v) is 4.04. The Balaban J connectivity index is 2.75. The summed E-state index contributed by atoms with van der Waals surface area (Å²) < 4.78 is 18.6. The van der Waals surface area contributed by atoms with Gasteiger partial charge in [-0.25, -0.2) is 4.39 Å². The van der Waals surface area contributed by atoms with Gasteiger partial charge in [0.2, 0.25) is 5.91 Å². The second-order valence-electron chi connectivity index (χ2n) is 4.04. The molecule has 0 radical (unpaired) electrons. The van der Waals surface area contributed by atoms with Crippen molar-refractivity contribution in [3.63, 3.8) is 0 Å². The fourth-order valence-corrected chi connectivity index (χ4v) is 1.62. The van der Waals surface area contributed by atoms with Gasteiger partial charge in [-0.3, -0.25) is 4.79 Å². The van der Waals surface area contributed by atoms with Crippen LogP contribution in [0.25, 0.3) is 0 Å². The molecule has 0 saturated carbocycles. The van der Waals surface area contributed by atoms with E-state index in [0.717, 1.165) is 6.42 Å². The van der Waals surface area contributed by atoms with Crippen LogP contribution in [0.5, 0.6) is 5.75 Å². The third kappa shape index (κ3) is 4.25. The zero-order valence-electron chi connectivity index (χ0n) is 11.1. The van der Waals surface area contributed by atoms with Crippen molar-refractivity contribution in [3.8, 4) is 11.8 Å². The molecule has 0 fully saturated rings. The van der Waals surface area contributed by atoms with Crippen molar-refractivity contribution in [3.05, 3.63) is 24.0 Å². The van der Waals surface area contributed by atoms with Gasteiger partial charge in [-0.05, 0) is 25.5 Å². The normalized spacial score (nSPS) is 11.5. The summed E-state index contributed by atoms with van der Waals surface area (Å²) in [6, 6.07) is 6.12. The van der Waals surface area contributed by atoms with Crippen LogP contribution in [-0.4, -0.2) is 12.5 Å². The lowest BCUT2D eigenvalue weighted by atomic mass is 10.0. The van der Waals surface area contributed by atoms with Gasteiger partial charge in [0, 0.05) is 11.8 Å². The minimum Gasteiger partial charge on any atom is -0.491 e. The summed E-state index contributed by atoms with van der Waals surface area (Å²) in [6.45, 7) is 4.03. The summed E-state index contributed by atoms with van der Waals surface area (Å²) in [4.78, 5) is 11.8. The van der Waals surface area contributed by atoms with E-state index in [2.05, 4.69) is 5.32 Å². The quantitative estimate of drug-likeness (QED) is 0.858. The predicted octanol–water partition coefficient (Wildman–Crippen LogP) is 3.10. The number of nitrogens with zero attached hydrogens (tertiary/aromatic N) is 1. The molecule has 0 heterocycles. The Morgan fingerprint density at radius 1 is 1.53 bits per heavy atom. The Labute approximate surface area is 112 Å². The molecule has 0 bridgehead atoms. The van der Waals surface area contributed by atoms with Crippen molar-refractivity contribution in [1.29, 1.82) is 5.26 Å². The maximum Gasteiger partial charge on any atom is 0.241 e. The summed E-state index contributed by atoms with van der Waals surface area (Å²) in [5, 5.41) is 11.4. The molecular formula is C14H17FN2O2. The highest BCUT2D eigenvalue weighted by molar-refractivity contribution is 5.94. The lowest BCUT2D eigenvalue weighted by molar-refractivity contribution is -0.118. The molecule has 0 aromatic heterocycles. The molecule has 19 heavy (non-hydrogen) atoms. The van der Waals surface area contributed by atoms with Gasteiger partial charge >= 0.3 is 0 Å². The van der Waals surface area contributed by atoms with Crippen LogP contribution < -0.4 is 10.1 Å². The van der Waals surface area contributed by atoms with Gasteiger partial charge in [0.15, 0.2) is 11.6 Å². The number of nitriles is 1. The number of anilines is 1. The van der Waals surface area contributed by atoms with E-state index in [1.807, 2.05) is 13.0 Å². The maximum absolute atomic E-state index is 13.6. The van der Waals surface area contributed by atoms with Crippen LogP contribution >= 0.6 is 0 Å². The van der Waals surface area contributed by atoms with Crippen molar-refractivity contribution in [2.24, 2.45) is 5.92 Å². The van der Waals surface area contributed by atoms with Crippen molar-refractivity contribution < 1.29 is 13.9 Å². The molecule has 1 unspecified atom stereocenters. The van der Waals surface area contributed by atoms with Crippen LogP contribution in [0.4, 0.5) is 10.1 Å². The van der Waals surface area contributed by atoms with Crippen LogP contribution in [0, 0.1) is 23.1 Å². The zero-order valence-corrected chi connectivity index (χ0v) is 11.1. The zero-order chi connectivity index (χ0) is 14.3. The average molecular weight is 264 g/mol. The van der Waals surface area contributed by atoms with Crippen LogP contribution in [0.15, 0.2) is 18.2 Å². The predicted molar refractivity (Wildman–Crippen MR) is 70.2 cm³/mol. The molecule has 1 atom stereocenters. The highest BCUT2D eigenvalue weighted by Gasteiger charge is 2.17. The van der Waals surface area contributed by atoms with E-state index < -0.39 is 17.6 Å². The molecule has 5 heteroatoms. The smallest absolute Gasteiger partial charge is 0.241 e. The molecule has 0 saturated heterocycles. The SMILES string of the molecule is CCCC(C#N)C(=O)Nc1ccc(OCC)c(F)c1. The molecule has 0 aliphatic heterocycles. The summed E-state index contributed by atoms with van der Waals surface area (Å²) in [5.74, 6) is -1.51. The van der Waals surface area contributed by atoms with Gasteiger partial charge in [-0.1, -0.05) is 13.3 Å². The first-order chi connectivity index (χ1) is 9.12. The minimum absolute atomic E-state index is 0.144. The lowest BCUT2D eigenvalue weighted by Gasteiger charge is -2.10. The second kappa shape index (κ2) is 7.37. The third-order valence-electron chi connectivity index (χ3n) is 2.55. The van der Waals surface area contributed by atoms with E-state index in [4.69, 9.17) is 10.00 Å². The fourth-order valence-electron chi connectivity index (χ4n) is 1.62. The van der Waals surface area contributed by atoms with Gasteiger partial charge < -0.3 is 10.1 Å². The van der Waals surface area contributed by atoms with E-state index in [-0.39, 0.29) is 5.75 Å². The first kappa shape index (κ1) is 15.0. The molecule has 0 aliphatic rings. The molecule has 102 valence electrons. The number of halogens is 1. The highest BCUT2D eigenvalue weighted by atomic mass is 19.1. The highest BCUT2D eigenvalue weighted by Crippen LogP contribution is 2.21. The molecule has 0 spiro atoms. The molecule has 4 nitrogen and oxygen atoms in total. The number of nitrogens with one attached hydrogen (secondary N) is 1. The number of amides is 1. The molecule has 1 rings (SSSR count). The standard InChI is InChI=1S/C14H17FN2O2/c1-3-5-10(9-16)14(18)17-11-6-7-13(19-4-2)12(15)8-11/h6-8,10H,3-5H2,1-2H3,(H,17,18). The van der Waals surface area contributed by atoms with Gasteiger partial charge in [0.05, 0.1) is 12.7 Å². The number of hydrogen-bond acceptors (Lipinski definition) is 3. The largest absolute Gasteiger partial charge is 0.491 e. The third-order valence-corrected chi connectivity index (χ3v) is 2.55. The van der Waals surface area contributed by atoms with Crippen LogP contribution in [0.1, 0.15) is 26.7 Å². The molecule has 1 amide bonds. The van der Waals surface area contributed by atoms with E-state index in [0.29, 0.717) is 18.7 Å². The average Bonchev–Trinajstić information content (AvgIpc) is 2.39. The van der Waals surface area contributed by atoms with Crippen molar-refractivity contribution in [2.75, 3.05) is 11.9 Å². The molecule has 0 aliphatic carbocycles. The van der Waals surface area contributed by atoms with E-state index in [1.165, 1.54) is 12.1 Å². The molecule has 1 aromatic carbocycles. The van der Waals surface area contributed by atoms with Crippen molar-refractivity contribution >= 4 is 11.6 Å². The molecule has 1 N–H and O–H groups in total. The molecular weight excluding hydrogens is 247 g/mol. The maximum atomic E-state index is 13.6. The fraction of sp³-hybridized carbons (Fsp3) is 0.429. The minimum atomic E-state index is -0.709. The first-order valence-electron chi connectivity index (χ1n) is 6.25. The van der Waals surface area contributed by atoms with Gasteiger partial charge in [-0.15, -0.1) is 0 Å². The summed E-state index contributed by atoms with van der Waals surface area (Å²) >= 11 is 0. The Morgan fingerprint density at radius 3 is 2.79 bits per heavy atom.